The molecule has 0 radical (unpaired) electrons. The van der Waals surface area contributed by atoms with Crippen molar-refractivity contribution in [3.05, 3.63) is 35.5 Å². The van der Waals surface area contributed by atoms with Crippen molar-refractivity contribution in [2.24, 2.45) is 23.7 Å². The molecule has 2 aliphatic rings. The van der Waals surface area contributed by atoms with Crippen molar-refractivity contribution in [3.63, 3.8) is 0 Å². The topological polar surface area (TPSA) is 37.3 Å². The smallest absolute Gasteiger partial charge is 0.146 e. The average molecular weight is 302 g/mol. The Morgan fingerprint density at radius 3 is 2.86 bits per heavy atom. The molecule has 0 spiro atoms. The Bertz CT molecular complexity index is 482. The fraction of sp³-hybridized carbons (Fsp3) is 0.650. The number of carbonyl (C=O) groups is 1. The Labute approximate surface area is 135 Å². The van der Waals surface area contributed by atoms with E-state index in [0.29, 0.717) is 11.8 Å². The summed E-state index contributed by atoms with van der Waals surface area (Å²) in [5.41, 5.74) is 3.34. The van der Waals surface area contributed by atoms with Gasteiger partial charge in [-0.25, -0.2) is 0 Å². The first kappa shape index (κ1) is 17.2. The molecule has 1 saturated carbocycles. The van der Waals surface area contributed by atoms with Gasteiger partial charge in [0.15, 0.2) is 0 Å². The number of rotatable bonds is 5. The maximum Gasteiger partial charge on any atom is 0.146 e. The average Bonchev–Trinajstić information content (AvgIpc) is 2.54. The van der Waals surface area contributed by atoms with Crippen LogP contribution >= 0.6 is 0 Å². The number of aldehydes is 1. The molecule has 2 aliphatic carbocycles. The van der Waals surface area contributed by atoms with Gasteiger partial charge in [-0.3, -0.25) is 4.79 Å². The zero-order chi connectivity index (χ0) is 16.3. The van der Waals surface area contributed by atoms with Crippen LogP contribution in [0.4, 0.5) is 0 Å². The normalized spacial score (nSPS) is 32.7. The molecule has 0 amide bonds. The van der Waals surface area contributed by atoms with Gasteiger partial charge in [0.05, 0.1) is 6.10 Å². The molecule has 0 saturated heterocycles. The largest absolute Gasteiger partial charge is 0.392 e. The van der Waals surface area contributed by atoms with E-state index in [2.05, 4.69) is 33.4 Å². The molecule has 2 bridgehead atoms. The number of carbonyl (C=O) groups excluding carboxylic acids is 1. The second-order valence-electron chi connectivity index (χ2n) is 7.38. The molecule has 0 aromatic rings. The molecular formula is C20H30O2. The highest BCUT2D eigenvalue weighted by atomic mass is 16.3. The number of hydrogen-bond donors (Lipinski definition) is 1. The molecule has 122 valence electrons. The Morgan fingerprint density at radius 2 is 2.23 bits per heavy atom. The Morgan fingerprint density at radius 1 is 1.50 bits per heavy atom. The summed E-state index contributed by atoms with van der Waals surface area (Å²) < 4.78 is 0. The third-order valence-corrected chi connectivity index (χ3v) is 5.60. The third kappa shape index (κ3) is 3.60. The summed E-state index contributed by atoms with van der Waals surface area (Å²) >= 11 is 0. The molecule has 0 heterocycles. The van der Waals surface area contributed by atoms with Crippen LogP contribution in [0.1, 0.15) is 52.9 Å². The molecule has 0 aromatic carbocycles. The van der Waals surface area contributed by atoms with E-state index in [9.17, 15) is 9.90 Å². The predicted molar refractivity (Wildman–Crippen MR) is 91.4 cm³/mol. The molecule has 0 aromatic heterocycles. The van der Waals surface area contributed by atoms with Crippen molar-refractivity contribution in [1.29, 1.82) is 0 Å². The van der Waals surface area contributed by atoms with E-state index < -0.39 is 6.10 Å². The van der Waals surface area contributed by atoms with Gasteiger partial charge in [-0.05, 0) is 63.4 Å². The fourth-order valence-corrected chi connectivity index (χ4v) is 4.23. The van der Waals surface area contributed by atoms with Crippen molar-refractivity contribution < 1.29 is 9.90 Å². The Kier molecular flexibility index (Phi) is 5.80. The molecule has 2 nitrogen and oxygen atoms in total. The molecule has 4 unspecified atom stereocenters. The second-order valence-corrected chi connectivity index (χ2v) is 7.38. The number of aliphatic hydroxyl groups is 1. The van der Waals surface area contributed by atoms with Gasteiger partial charge in [0.2, 0.25) is 0 Å². The zero-order valence-electron chi connectivity index (χ0n) is 14.2. The first-order valence-electron chi connectivity index (χ1n) is 8.60. The summed E-state index contributed by atoms with van der Waals surface area (Å²) in [5.74, 6) is 1.02. The lowest BCUT2D eigenvalue weighted by Crippen LogP contribution is -2.39. The molecule has 0 aliphatic heterocycles. The highest BCUT2D eigenvalue weighted by Gasteiger charge is 2.43. The summed E-state index contributed by atoms with van der Waals surface area (Å²) in [4.78, 5) is 11.5. The number of allylic oxidation sites excluding steroid dienone is 3. The van der Waals surface area contributed by atoms with Gasteiger partial charge in [0, 0.05) is 11.8 Å². The van der Waals surface area contributed by atoms with Gasteiger partial charge >= 0.3 is 0 Å². The maximum atomic E-state index is 11.5. The Hall–Kier alpha value is -1.15. The van der Waals surface area contributed by atoms with Gasteiger partial charge in [0.1, 0.15) is 6.29 Å². The molecule has 2 heteroatoms. The first-order valence-corrected chi connectivity index (χ1v) is 8.60. The summed E-state index contributed by atoms with van der Waals surface area (Å²) in [6, 6.07) is 0. The fourth-order valence-electron chi connectivity index (χ4n) is 4.23. The third-order valence-electron chi connectivity index (χ3n) is 5.60. The summed E-state index contributed by atoms with van der Waals surface area (Å²) in [6.45, 7) is 10.7. The second kappa shape index (κ2) is 7.41. The SMILES string of the molecule is C=C1CCC([C@@H](C)CCC=C(C)C)C2C(C=O)=CCC1C2O. The van der Waals surface area contributed by atoms with Crippen molar-refractivity contribution in [2.75, 3.05) is 0 Å². The van der Waals surface area contributed by atoms with Crippen LogP contribution in [-0.2, 0) is 4.79 Å². The van der Waals surface area contributed by atoms with Gasteiger partial charge < -0.3 is 5.11 Å². The lowest BCUT2D eigenvalue weighted by molar-refractivity contribution is -0.106. The molecule has 1 fully saturated rings. The summed E-state index contributed by atoms with van der Waals surface area (Å²) in [7, 11) is 0. The van der Waals surface area contributed by atoms with Crippen molar-refractivity contribution >= 4 is 6.29 Å². The molecule has 1 N–H and O–H groups in total. The van der Waals surface area contributed by atoms with Crippen molar-refractivity contribution in [3.8, 4) is 0 Å². The predicted octanol–water partition coefficient (Wildman–Crippen LogP) is 4.46. The van der Waals surface area contributed by atoms with Crippen LogP contribution in [0.25, 0.3) is 0 Å². The zero-order valence-corrected chi connectivity index (χ0v) is 14.2. The molecule has 5 atom stereocenters. The van der Waals surface area contributed by atoms with Crippen LogP contribution in [0.5, 0.6) is 0 Å². The molecular weight excluding hydrogens is 272 g/mol. The Balaban J connectivity index is 2.19. The van der Waals surface area contributed by atoms with Gasteiger partial charge in [-0.15, -0.1) is 0 Å². The molecule has 2 rings (SSSR count). The van der Waals surface area contributed by atoms with Crippen LogP contribution < -0.4 is 0 Å². The number of aliphatic hydroxyl groups excluding tert-OH is 1. The van der Waals surface area contributed by atoms with E-state index in [0.717, 1.165) is 49.5 Å². The summed E-state index contributed by atoms with van der Waals surface area (Å²) in [6.07, 6.45) is 9.83. The van der Waals surface area contributed by atoms with E-state index in [-0.39, 0.29) is 11.8 Å². The summed E-state index contributed by atoms with van der Waals surface area (Å²) in [5, 5.41) is 10.8. The van der Waals surface area contributed by atoms with Gasteiger partial charge in [-0.1, -0.05) is 36.8 Å². The lowest BCUT2D eigenvalue weighted by atomic mass is 9.69. The van der Waals surface area contributed by atoms with Crippen LogP contribution in [0.2, 0.25) is 0 Å². The van der Waals surface area contributed by atoms with Gasteiger partial charge in [-0.2, -0.15) is 0 Å². The van der Waals surface area contributed by atoms with Crippen LogP contribution in [0, 0.1) is 23.7 Å². The highest BCUT2D eigenvalue weighted by molar-refractivity contribution is 5.74. The van der Waals surface area contributed by atoms with Crippen LogP contribution in [0.15, 0.2) is 35.5 Å². The maximum absolute atomic E-state index is 11.5. The number of fused-ring (bicyclic) bond motifs is 2. The van der Waals surface area contributed by atoms with E-state index in [1.807, 2.05) is 6.08 Å². The van der Waals surface area contributed by atoms with Crippen molar-refractivity contribution in [1.82, 2.24) is 0 Å². The van der Waals surface area contributed by atoms with Crippen LogP contribution in [-0.4, -0.2) is 17.5 Å². The quantitative estimate of drug-likeness (QED) is 0.601. The number of hydrogen-bond acceptors (Lipinski definition) is 2. The van der Waals surface area contributed by atoms with Crippen LogP contribution in [0.3, 0.4) is 0 Å². The first-order chi connectivity index (χ1) is 10.5. The molecule has 22 heavy (non-hydrogen) atoms. The van der Waals surface area contributed by atoms with E-state index >= 15 is 0 Å². The minimum Gasteiger partial charge on any atom is -0.392 e. The van der Waals surface area contributed by atoms with E-state index in [1.165, 1.54) is 5.57 Å². The minimum absolute atomic E-state index is 0.00259. The van der Waals surface area contributed by atoms with E-state index in [1.54, 1.807) is 0 Å². The standard InChI is InChI=1S/C20H30O2/c1-13(2)6-5-7-14(3)17-10-8-15(4)18-11-9-16(12-21)19(17)20(18)22/h6,9,12,14,17-20,22H,4-5,7-8,10-11H2,1-3H3/t14-,17?,18?,19?,20?/m0/s1. The highest BCUT2D eigenvalue weighted by Crippen LogP contribution is 2.46. The minimum atomic E-state index is -0.434. The monoisotopic (exact) mass is 302 g/mol. The van der Waals surface area contributed by atoms with Gasteiger partial charge in [0.25, 0.3) is 0 Å². The van der Waals surface area contributed by atoms with Crippen molar-refractivity contribution in [2.45, 2.75) is 59.0 Å². The van der Waals surface area contributed by atoms with E-state index in [4.69, 9.17) is 0 Å². The lowest BCUT2D eigenvalue weighted by Gasteiger charge is -2.38.